The van der Waals surface area contributed by atoms with Crippen LogP contribution in [0.2, 0.25) is 0 Å². The van der Waals surface area contributed by atoms with E-state index in [0.717, 1.165) is 51.4 Å². The summed E-state index contributed by atoms with van der Waals surface area (Å²) in [4.78, 5) is 35.5. The summed E-state index contributed by atoms with van der Waals surface area (Å²) in [5.74, 6) is -1.10. The summed E-state index contributed by atoms with van der Waals surface area (Å²) in [6.07, 6.45) is 18.7. The van der Waals surface area contributed by atoms with E-state index in [2.05, 4.69) is 26.0 Å². The summed E-state index contributed by atoms with van der Waals surface area (Å²) in [5.41, 5.74) is 0. The van der Waals surface area contributed by atoms with Gasteiger partial charge in [-0.1, -0.05) is 142 Å². The Morgan fingerprint density at radius 3 is 1.38 bits per heavy atom. The van der Waals surface area contributed by atoms with Crippen LogP contribution in [0.15, 0.2) is 12.2 Å². The Bertz CT molecular complexity index is 1030. The summed E-state index contributed by atoms with van der Waals surface area (Å²) in [6, 6.07) is 0. The first kappa shape index (κ1) is 51.6. The molecule has 0 heterocycles. The smallest absolute Gasteiger partial charge is 0.462 e. The Balaban J connectivity index is 2.45. The minimum atomic E-state index is -5.11. The molecule has 0 spiro atoms. The fourth-order valence-electron chi connectivity index (χ4n) is 6.58. The van der Waals surface area contributed by atoms with E-state index in [1.165, 1.54) is 89.9 Å². The first-order valence-corrected chi connectivity index (χ1v) is 23.0. The van der Waals surface area contributed by atoms with Crippen molar-refractivity contribution >= 4 is 19.8 Å². The van der Waals surface area contributed by atoms with Gasteiger partial charge in [0, 0.05) is 12.8 Å². The van der Waals surface area contributed by atoms with Crippen LogP contribution in [-0.2, 0) is 32.7 Å². The zero-order chi connectivity index (χ0) is 40.7. The van der Waals surface area contributed by atoms with Crippen LogP contribution in [0.1, 0.15) is 181 Å². The lowest BCUT2D eigenvalue weighted by molar-refractivity contribution is -0.220. The predicted octanol–water partition coefficient (Wildman–Crippen LogP) is 7.50. The molecule has 1 aliphatic rings. The molecular weight excluding hydrogens is 731 g/mol. The lowest BCUT2D eigenvalue weighted by atomic mass is 9.85. The van der Waals surface area contributed by atoms with Crippen molar-refractivity contribution in [2.45, 2.75) is 224 Å². The Morgan fingerprint density at radius 1 is 0.545 bits per heavy atom. The zero-order valence-electron chi connectivity index (χ0n) is 34.0. The topological polar surface area (TPSA) is 210 Å². The quantitative estimate of drug-likeness (QED) is 0.0159. The van der Waals surface area contributed by atoms with E-state index in [4.69, 9.17) is 18.5 Å². The van der Waals surface area contributed by atoms with E-state index in [-0.39, 0.29) is 12.8 Å². The zero-order valence-corrected chi connectivity index (χ0v) is 34.9. The third kappa shape index (κ3) is 25.5. The lowest BCUT2D eigenvalue weighted by Gasteiger charge is -2.41. The average Bonchev–Trinajstić information content (AvgIpc) is 3.16. The van der Waals surface area contributed by atoms with E-state index in [0.29, 0.717) is 12.8 Å². The van der Waals surface area contributed by atoms with Crippen LogP contribution in [0.25, 0.3) is 0 Å². The van der Waals surface area contributed by atoms with Crippen molar-refractivity contribution in [3.63, 3.8) is 0 Å². The molecule has 0 radical (unpaired) electrons. The van der Waals surface area contributed by atoms with Gasteiger partial charge in [0.1, 0.15) is 43.2 Å². The molecule has 1 fully saturated rings. The number of aliphatic hydroxyl groups excluding tert-OH is 5. The third-order valence-corrected chi connectivity index (χ3v) is 11.1. The maximum absolute atomic E-state index is 12.7. The summed E-state index contributed by atoms with van der Waals surface area (Å²) >= 11 is 0. The molecular formula is C41H77O13P. The van der Waals surface area contributed by atoms with Crippen molar-refractivity contribution in [2.75, 3.05) is 13.2 Å². The van der Waals surface area contributed by atoms with Crippen LogP contribution in [-0.4, -0.2) is 98.3 Å². The van der Waals surface area contributed by atoms with E-state index in [1.807, 2.05) is 0 Å². The highest BCUT2D eigenvalue weighted by atomic mass is 31.2. The number of hydrogen-bond acceptors (Lipinski definition) is 12. The Hall–Kier alpha value is -1.41. The Labute approximate surface area is 331 Å². The number of rotatable bonds is 35. The monoisotopic (exact) mass is 809 g/mol. The highest BCUT2D eigenvalue weighted by Gasteiger charge is 2.51. The highest BCUT2D eigenvalue weighted by molar-refractivity contribution is 7.47. The average molecular weight is 809 g/mol. The second-order valence-corrected chi connectivity index (χ2v) is 16.6. The van der Waals surface area contributed by atoms with Crippen molar-refractivity contribution in [3.05, 3.63) is 12.2 Å². The molecule has 13 nitrogen and oxygen atoms in total. The summed E-state index contributed by atoms with van der Waals surface area (Å²) in [6.45, 7) is 3.24. The minimum absolute atomic E-state index is 0.0953. The molecule has 324 valence electrons. The van der Waals surface area contributed by atoms with Crippen molar-refractivity contribution in [1.29, 1.82) is 0 Å². The van der Waals surface area contributed by atoms with Crippen molar-refractivity contribution in [2.24, 2.45) is 0 Å². The summed E-state index contributed by atoms with van der Waals surface area (Å²) < 4.78 is 33.4. The van der Waals surface area contributed by atoms with E-state index >= 15 is 0 Å². The van der Waals surface area contributed by atoms with Crippen LogP contribution < -0.4 is 0 Å². The number of carbonyl (C=O) groups excluding carboxylic acids is 2. The normalized spacial score (nSPS) is 23.1. The third-order valence-electron chi connectivity index (χ3n) is 10.1. The molecule has 1 rings (SSSR count). The van der Waals surface area contributed by atoms with Gasteiger partial charge in [0.05, 0.1) is 6.61 Å². The Morgan fingerprint density at radius 2 is 0.927 bits per heavy atom. The van der Waals surface area contributed by atoms with Gasteiger partial charge >= 0.3 is 19.8 Å². The largest absolute Gasteiger partial charge is 0.472 e. The molecule has 0 aliphatic heterocycles. The predicted molar refractivity (Wildman–Crippen MR) is 212 cm³/mol. The Kier molecular flexibility index (Phi) is 30.5. The van der Waals surface area contributed by atoms with Gasteiger partial charge in [0.25, 0.3) is 0 Å². The van der Waals surface area contributed by atoms with Crippen LogP contribution in [0.4, 0.5) is 0 Å². The molecule has 0 aromatic heterocycles. The van der Waals surface area contributed by atoms with E-state index < -0.39 is 75.7 Å². The maximum atomic E-state index is 12.7. The maximum Gasteiger partial charge on any atom is 0.472 e. The summed E-state index contributed by atoms with van der Waals surface area (Å²) in [5, 5.41) is 50.0. The van der Waals surface area contributed by atoms with Gasteiger partial charge in [-0.3, -0.25) is 18.6 Å². The highest BCUT2D eigenvalue weighted by Crippen LogP contribution is 2.47. The van der Waals surface area contributed by atoms with Gasteiger partial charge in [-0.15, -0.1) is 0 Å². The first-order chi connectivity index (χ1) is 26.4. The molecule has 0 saturated heterocycles. The summed E-state index contributed by atoms with van der Waals surface area (Å²) in [7, 11) is -5.11. The van der Waals surface area contributed by atoms with Crippen LogP contribution >= 0.6 is 7.82 Å². The second-order valence-electron chi connectivity index (χ2n) is 15.2. The molecule has 0 bridgehead atoms. The molecule has 1 saturated carbocycles. The number of phosphoric ester groups is 1. The number of hydrogen-bond donors (Lipinski definition) is 6. The molecule has 0 aromatic rings. The van der Waals surface area contributed by atoms with Crippen LogP contribution in [0.3, 0.4) is 0 Å². The van der Waals surface area contributed by atoms with E-state index in [1.54, 1.807) is 0 Å². The number of unbranched alkanes of at least 4 members (excludes halogenated alkanes) is 21. The molecule has 55 heavy (non-hydrogen) atoms. The van der Waals surface area contributed by atoms with Gasteiger partial charge in [-0.25, -0.2) is 4.57 Å². The van der Waals surface area contributed by atoms with Gasteiger partial charge < -0.3 is 39.9 Å². The first-order valence-electron chi connectivity index (χ1n) is 21.5. The number of carbonyl (C=O) groups is 2. The standard InChI is InChI=1S/C41H77O13P/c1-3-5-7-9-11-13-14-15-16-17-18-19-20-21-22-24-26-28-30-35(43)53-33(31-51-34(42)29-27-25-23-12-10-8-6-4-2)32-52-55(49,50)54-41-39(47)37(45)36(44)38(46)40(41)48/h16-17,33,36-41,44-48H,3-15,18-32H2,1-2H3,(H,49,50)/b17-16-. The number of allylic oxidation sites excluding steroid dienone is 2. The van der Waals surface area contributed by atoms with Crippen molar-refractivity contribution in [3.8, 4) is 0 Å². The lowest BCUT2D eigenvalue weighted by Crippen LogP contribution is -2.64. The number of phosphoric acid groups is 1. The van der Waals surface area contributed by atoms with Crippen molar-refractivity contribution in [1.82, 2.24) is 0 Å². The van der Waals surface area contributed by atoms with Gasteiger partial charge in [0.15, 0.2) is 6.10 Å². The molecule has 14 heteroatoms. The van der Waals surface area contributed by atoms with Gasteiger partial charge in [-0.05, 0) is 38.5 Å². The fourth-order valence-corrected chi connectivity index (χ4v) is 7.55. The molecule has 1 aliphatic carbocycles. The van der Waals surface area contributed by atoms with Gasteiger partial charge in [-0.2, -0.15) is 0 Å². The van der Waals surface area contributed by atoms with Gasteiger partial charge in [0.2, 0.25) is 0 Å². The molecule has 0 aromatic carbocycles. The number of ether oxygens (including phenoxy) is 2. The number of esters is 2. The molecule has 6 atom stereocenters. The molecule has 0 amide bonds. The number of aliphatic hydroxyl groups is 5. The second kappa shape index (κ2) is 32.5. The van der Waals surface area contributed by atoms with Crippen molar-refractivity contribution < 1.29 is 63.1 Å². The van der Waals surface area contributed by atoms with E-state index in [9.17, 15) is 44.6 Å². The van der Waals surface area contributed by atoms with Crippen LogP contribution in [0.5, 0.6) is 0 Å². The SMILES string of the molecule is CCCCCCCCC/C=C\CCCCCCCCCC(=O)OC(COC(=O)CCCCCCCCCC)COP(=O)(O)OC1C(O)C(O)C(O)C(O)C1O. The molecule has 6 N–H and O–H groups in total. The molecule has 6 unspecified atom stereocenters. The van der Waals surface area contributed by atoms with Crippen LogP contribution in [0, 0.1) is 0 Å². The minimum Gasteiger partial charge on any atom is -0.462 e. The fraction of sp³-hybridized carbons (Fsp3) is 0.902.